The second-order valence-corrected chi connectivity index (χ2v) is 3.95. The molecule has 1 aromatic rings. The van der Waals surface area contributed by atoms with E-state index in [0.29, 0.717) is 5.69 Å². The molecule has 0 atom stereocenters. The number of ether oxygens (including phenoxy) is 1. The van der Waals surface area contributed by atoms with Crippen LogP contribution in [0.4, 0.5) is 10.5 Å². The first-order valence-electron chi connectivity index (χ1n) is 4.48. The molecule has 0 radical (unpaired) electrons. The monoisotopic (exact) mass is 240 g/mol. The van der Waals surface area contributed by atoms with Gasteiger partial charge in [-0.15, -0.1) is 11.8 Å². The molecule has 5 nitrogen and oxygen atoms in total. The van der Waals surface area contributed by atoms with Gasteiger partial charge in [-0.3, -0.25) is 10.1 Å². The minimum atomic E-state index is -0.752. The van der Waals surface area contributed by atoms with Crippen molar-refractivity contribution in [2.75, 3.05) is 18.6 Å². The Hall–Kier alpha value is -1.69. The second-order valence-electron chi connectivity index (χ2n) is 2.90. The van der Waals surface area contributed by atoms with E-state index in [0.717, 1.165) is 4.90 Å². The van der Waals surface area contributed by atoms with Gasteiger partial charge in [0.15, 0.2) is 0 Å². The van der Waals surface area contributed by atoms with Crippen molar-refractivity contribution in [2.45, 2.75) is 4.90 Å². The number of alkyl carbamates (subject to hydrolysis) is 1. The molecule has 0 spiro atoms. The van der Waals surface area contributed by atoms with Crippen LogP contribution in [0.5, 0.6) is 0 Å². The SMILES string of the molecule is COC(=O)NC(=O)CSc1cccc(N)c1. The molecule has 0 aliphatic rings. The zero-order valence-corrected chi connectivity index (χ0v) is 9.54. The van der Waals surface area contributed by atoms with E-state index >= 15 is 0 Å². The highest BCUT2D eigenvalue weighted by Gasteiger charge is 2.07. The molecular weight excluding hydrogens is 228 g/mol. The summed E-state index contributed by atoms with van der Waals surface area (Å²) in [5.41, 5.74) is 6.22. The Kier molecular flexibility index (Phi) is 4.65. The van der Waals surface area contributed by atoms with Gasteiger partial charge in [0, 0.05) is 10.6 Å². The number of benzene rings is 1. The van der Waals surface area contributed by atoms with Crippen LogP contribution in [-0.2, 0) is 9.53 Å². The fourth-order valence-corrected chi connectivity index (χ4v) is 1.72. The van der Waals surface area contributed by atoms with Crippen LogP contribution in [0.15, 0.2) is 29.2 Å². The number of carbonyl (C=O) groups excluding carboxylic acids is 2. The van der Waals surface area contributed by atoms with Gasteiger partial charge in [-0.05, 0) is 18.2 Å². The van der Waals surface area contributed by atoms with Crippen molar-refractivity contribution < 1.29 is 14.3 Å². The molecule has 0 unspecified atom stereocenters. The van der Waals surface area contributed by atoms with Crippen molar-refractivity contribution in [3.8, 4) is 0 Å². The number of hydrogen-bond acceptors (Lipinski definition) is 5. The van der Waals surface area contributed by atoms with Crippen LogP contribution in [0, 0.1) is 0 Å². The topological polar surface area (TPSA) is 81.4 Å². The van der Waals surface area contributed by atoms with Crippen molar-refractivity contribution in [3.05, 3.63) is 24.3 Å². The fourth-order valence-electron chi connectivity index (χ4n) is 0.954. The van der Waals surface area contributed by atoms with Gasteiger partial charge >= 0.3 is 6.09 Å². The third-order valence-corrected chi connectivity index (χ3v) is 2.65. The number of nitrogens with one attached hydrogen (secondary N) is 1. The molecule has 0 aliphatic carbocycles. The summed E-state index contributed by atoms with van der Waals surface area (Å²) in [4.78, 5) is 22.8. The molecule has 0 heterocycles. The number of rotatable bonds is 3. The summed E-state index contributed by atoms with van der Waals surface area (Å²) >= 11 is 1.30. The molecule has 2 amide bonds. The molecule has 6 heteroatoms. The first-order valence-corrected chi connectivity index (χ1v) is 5.46. The Morgan fingerprint density at radius 2 is 2.25 bits per heavy atom. The van der Waals surface area contributed by atoms with E-state index in [1.54, 1.807) is 18.2 Å². The van der Waals surface area contributed by atoms with Crippen molar-refractivity contribution >= 4 is 29.4 Å². The van der Waals surface area contributed by atoms with Crippen LogP contribution >= 0.6 is 11.8 Å². The highest BCUT2D eigenvalue weighted by Crippen LogP contribution is 2.19. The predicted molar refractivity (Wildman–Crippen MR) is 62.1 cm³/mol. The van der Waals surface area contributed by atoms with Gasteiger partial charge in [-0.1, -0.05) is 6.07 Å². The molecule has 0 bridgehead atoms. The lowest BCUT2D eigenvalue weighted by molar-refractivity contribution is -0.117. The van der Waals surface area contributed by atoms with Gasteiger partial charge in [-0.25, -0.2) is 4.79 Å². The number of hydrogen-bond donors (Lipinski definition) is 2. The number of amides is 2. The summed E-state index contributed by atoms with van der Waals surface area (Å²) in [5, 5.41) is 2.06. The number of imide groups is 1. The van der Waals surface area contributed by atoms with E-state index in [1.165, 1.54) is 18.9 Å². The average molecular weight is 240 g/mol. The summed E-state index contributed by atoms with van der Waals surface area (Å²) in [6.07, 6.45) is -0.752. The van der Waals surface area contributed by atoms with Crippen LogP contribution in [0.1, 0.15) is 0 Å². The molecule has 16 heavy (non-hydrogen) atoms. The minimum absolute atomic E-state index is 0.137. The molecule has 0 aromatic heterocycles. The predicted octanol–water partition coefficient (Wildman–Crippen LogP) is 1.24. The molecular formula is C10H12N2O3S. The molecule has 1 aromatic carbocycles. The van der Waals surface area contributed by atoms with E-state index in [2.05, 4.69) is 10.1 Å². The number of methoxy groups -OCH3 is 1. The van der Waals surface area contributed by atoms with Gasteiger partial charge in [-0.2, -0.15) is 0 Å². The number of anilines is 1. The third-order valence-electron chi connectivity index (χ3n) is 1.65. The van der Waals surface area contributed by atoms with Gasteiger partial charge in [0.05, 0.1) is 12.9 Å². The number of nitrogen functional groups attached to an aromatic ring is 1. The van der Waals surface area contributed by atoms with E-state index < -0.39 is 12.0 Å². The Morgan fingerprint density at radius 1 is 1.50 bits per heavy atom. The zero-order chi connectivity index (χ0) is 12.0. The van der Waals surface area contributed by atoms with Crippen LogP contribution in [0.3, 0.4) is 0 Å². The van der Waals surface area contributed by atoms with Gasteiger partial charge in [0.2, 0.25) is 5.91 Å². The molecule has 0 saturated heterocycles. The van der Waals surface area contributed by atoms with Gasteiger partial charge < -0.3 is 10.5 Å². The summed E-state index contributed by atoms with van der Waals surface area (Å²) in [5.74, 6) is -0.266. The molecule has 1 rings (SSSR count). The summed E-state index contributed by atoms with van der Waals surface area (Å²) in [7, 11) is 1.20. The molecule has 86 valence electrons. The van der Waals surface area contributed by atoms with E-state index in [4.69, 9.17) is 5.73 Å². The van der Waals surface area contributed by atoms with Crippen LogP contribution in [-0.4, -0.2) is 24.9 Å². The van der Waals surface area contributed by atoms with Gasteiger partial charge in [0.1, 0.15) is 0 Å². The first kappa shape index (κ1) is 12.4. The molecule has 0 saturated carbocycles. The Labute approximate surface area is 97.3 Å². The standard InChI is InChI=1S/C10H12N2O3S/c1-15-10(14)12-9(13)6-16-8-4-2-3-7(11)5-8/h2-5H,6,11H2,1H3,(H,12,13,14). The van der Waals surface area contributed by atoms with Crippen LogP contribution < -0.4 is 11.1 Å². The van der Waals surface area contributed by atoms with Crippen molar-refractivity contribution in [3.63, 3.8) is 0 Å². The normalized spacial score (nSPS) is 9.56. The fraction of sp³-hybridized carbons (Fsp3) is 0.200. The zero-order valence-electron chi connectivity index (χ0n) is 8.73. The highest BCUT2D eigenvalue weighted by molar-refractivity contribution is 8.00. The summed E-state index contributed by atoms with van der Waals surface area (Å²) in [6.45, 7) is 0. The molecule has 3 N–H and O–H groups in total. The summed E-state index contributed by atoms with van der Waals surface area (Å²) < 4.78 is 4.29. The third kappa shape index (κ3) is 4.22. The maximum absolute atomic E-state index is 11.2. The maximum Gasteiger partial charge on any atom is 0.413 e. The van der Waals surface area contributed by atoms with Crippen molar-refractivity contribution in [1.29, 1.82) is 0 Å². The van der Waals surface area contributed by atoms with Gasteiger partial charge in [0.25, 0.3) is 0 Å². The van der Waals surface area contributed by atoms with Crippen LogP contribution in [0.25, 0.3) is 0 Å². The molecule has 0 fully saturated rings. The van der Waals surface area contributed by atoms with E-state index in [1.807, 2.05) is 6.07 Å². The Balaban J connectivity index is 2.40. The quantitative estimate of drug-likeness (QED) is 0.613. The first-order chi connectivity index (χ1) is 7.61. The van der Waals surface area contributed by atoms with Crippen molar-refractivity contribution in [2.24, 2.45) is 0 Å². The highest BCUT2D eigenvalue weighted by atomic mass is 32.2. The number of nitrogens with two attached hydrogens (primary N) is 1. The Morgan fingerprint density at radius 3 is 2.88 bits per heavy atom. The van der Waals surface area contributed by atoms with Crippen LogP contribution in [0.2, 0.25) is 0 Å². The number of thioether (sulfide) groups is 1. The maximum atomic E-state index is 11.2. The van der Waals surface area contributed by atoms with E-state index in [9.17, 15) is 9.59 Å². The average Bonchev–Trinajstić information content (AvgIpc) is 2.26. The molecule has 0 aliphatic heterocycles. The lowest BCUT2D eigenvalue weighted by atomic mass is 10.3. The second kappa shape index (κ2) is 6.02. The largest absolute Gasteiger partial charge is 0.453 e. The lowest BCUT2D eigenvalue weighted by Crippen LogP contribution is -2.31. The van der Waals surface area contributed by atoms with Crippen molar-refractivity contribution in [1.82, 2.24) is 5.32 Å². The lowest BCUT2D eigenvalue weighted by Gasteiger charge is -2.03. The smallest absolute Gasteiger partial charge is 0.413 e. The number of carbonyl (C=O) groups is 2. The summed E-state index contributed by atoms with van der Waals surface area (Å²) in [6, 6.07) is 7.16. The van der Waals surface area contributed by atoms with E-state index in [-0.39, 0.29) is 5.75 Å². The minimum Gasteiger partial charge on any atom is -0.453 e. The Bertz CT molecular complexity index is 395.